The molecule has 2 aliphatic heterocycles. The summed E-state index contributed by atoms with van der Waals surface area (Å²) in [5.41, 5.74) is 2.44. The number of hydrogen-bond donors (Lipinski definition) is 1. The van der Waals surface area contributed by atoms with Crippen LogP contribution in [0.4, 0.5) is 13.2 Å². The topological polar surface area (TPSA) is 110 Å². The molecule has 12 heteroatoms. The van der Waals surface area contributed by atoms with E-state index in [4.69, 9.17) is 14.6 Å². The number of aryl methyl sites for hydroxylation is 1. The number of nitrogens with zero attached hydrogens (tertiary/aromatic N) is 3. The predicted molar refractivity (Wildman–Crippen MR) is 112 cm³/mol. The highest BCUT2D eigenvalue weighted by Crippen LogP contribution is 2.45. The van der Waals surface area contributed by atoms with Gasteiger partial charge in [-0.05, 0) is 25.0 Å². The fourth-order valence-electron chi connectivity index (χ4n) is 4.02. The van der Waals surface area contributed by atoms with E-state index in [0.29, 0.717) is 32.1 Å². The fourth-order valence-corrected chi connectivity index (χ4v) is 6.47. The number of benzene rings is 1. The molecule has 8 nitrogen and oxygen atoms in total. The second-order valence-corrected chi connectivity index (χ2v) is 10.6. The lowest BCUT2D eigenvalue weighted by Gasteiger charge is -2.50. The van der Waals surface area contributed by atoms with Crippen LogP contribution >= 0.6 is 0 Å². The van der Waals surface area contributed by atoms with Crippen LogP contribution in [0.5, 0.6) is 6.01 Å². The van der Waals surface area contributed by atoms with E-state index in [9.17, 15) is 21.6 Å². The van der Waals surface area contributed by atoms with E-state index in [0.717, 1.165) is 6.54 Å². The van der Waals surface area contributed by atoms with Gasteiger partial charge in [0.1, 0.15) is 4.75 Å². The molecule has 1 N–H and O–H groups in total. The number of likely N-dealkylation sites (tertiary alicyclic amines) is 1. The fraction of sp³-hybridized carbons (Fsp3) is 0.476. The molecule has 1 aromatic carbocycles. The zero-order valence-corrected chi connectivity index (χ0v) is 18.6. The van der Waals surface area contributed by atoms with Gasteiger partial charge in [0.15, 0.2) is 9.84 Å². The maximum absolute atomic E-state index is 12.7. The van der Waals surface area contributed by atoms with Crippen molar-refractivity contribution in [3.63, 3.8) is 0 Å². The average Bonchev–Trinajstić information content (AvgIpc) is 2.99. The lowest BCUT2D eigenvalue weighted by atomic mass is 9.83. The summed E-state index contributed by atoms with van der Waals surface area (Å²) < 4.78 is 62.2. The maximum Gasteiger partial charge on any atom is 0.490 e. The SMILES string of the molecule is Cc1ccc(CN2CC3(C2)C(COc2ncccn2)CCS3(=O)=O)cc1.O=C(O)C(F)(F)F. The maximum atomic E-state index is 12.7. The number of ether oxygens (including phenoxy) is 1. The van der Waals surface area contributed by atoms with Gasteiger partial charge in [-0.2, -0.15) is 13.2 Å². The van der Waals surface area contributed by atoms with Gasteiger partial charge in [0, 0.05) is 37.9 Å². The Morgan fingerprint density at radius 2 is 1.79 bits per heavy atom. The molecule has 1 aromatic heterocycles. The van der Waals surface area contributed by atoms with E-state index >= 15 is 0 Å². The van der Waals surface area contributed by atoms with E-state index in [1.807, 2.05) is 0 Å². The van der Waals surface area contributed by atoms with Crippen LogP contribution in [-0.4, -0.2) is 70.7 Å². The Bertz CT molecular complexity index is 1060. The summed E-state index contributed by atoms with van der Waals surface area (Å²) in [6.45, 7) is 4.35. The molecule has 0 amide bonds. The summed E-state index contributed by atoms with van der Waals surface area (Å²) in [7, 11) is -3.10. The molecule has 0 bridgehead atoms. The third kappa shape index (κ3) is 5.80. The lowest BCUT2D eigenvalue weighted by Crippen LogP contribution is -2.67. The molecule has 0 saturated carbocycles. The van der Waals surface area contributed by atoms with Crippen LogP contribution in [0.1, 0.15) is 17.5 Å². The first-order valence-electron chi connectivity index (χ1n) is 10.1. The number of carboxylic acids is 1. The lowest BCUT2D eigenvalue weighted by molar-refractivity contribution is -0.192. The monoisotopic (exact) mass is 487 g/mol. The number of alkyl halides is 3. The van der Waals surface area contributed by atoms with E-state index in [-0.39, 0.29) is 11.7 Å². The molecule has 4 rings (SSSR count). The van der Waals surface area contributed by atoms with E-state index < -0.39 is 26.7 Å². The normalized spacial score (nSPS) is 21.0. The van der Waals surface area contributed by atoms with E-state index in [1.54, 1.807) is 18.5 Å². The molecule has 0 aliphatic carbocycles. The smallest absolute Gasteiger partial charge is 0.475 e. The molecule has 180 valence electrons. The van der Waals surface area contributed by atoms with Gasteiger partial charge in [-0.1, -0.05) is 29.8 Å². The van der Waals surface area contributed by atoms with Crippen LogP contribution < -0.4 is 4.74 Å². The largest absolute Gasteiger partial charge is 0.490 e. The molecule has 1 spiro atoms. The Hall–Kier alpha value is -2.73. The number of hydrogen-bond acceptors (Lipinski definition) is 7. The third-order valence-corrected chi connectivity index (χ3v) is 8.41. The molecule has 2 saturated heterocycles. The first kappa shape index (κ1) is 24.9. The summed E-state index contributed by atoms with van der Waals surface area (Å²) in [6, 6.07) is 10.4. The van der Waals surface area contributed by atoms with Gasteiger partial charge in [-0.15, -0.1) is 0 Å². The average molecular weight is 488 g/mol. The first-order chi connectivity index (χ1) is 15.4. The van der Waals surface area contributed by atoms with Crippen LogP contribution in [0.25, 0.3) is 0 Å². The van der Waals surface area contributed by atoms with Crippen LogP contribution in [0.3, 0.4) is 0 Å². The number of aromatic nitrogens is 2. The van der Waals surface area contributed by atoms with Crippen molar-refractivity contribution in [3.8, 4) is 6.01 Å². The Balaban J connectivity index is 0.000000383. The van der Waals surface area contributed by atoms with Gasteiger partial charge in [0.2, 0.25) is 0 Å². The van der Waals surface area contributed by atoms with Crippen LogP contribution in [0.2, 0.25) is 0 Å². The second-order valence-electron chi connectivity index (χ2n) is 8.15. The third-order valence-electron chi connectivity index (χ3n) is 5.81. The van der Waals surface area contributed by atoms with Crippen molar-refractivity contribution in [2.75, 3.05) is 25.4 Å². The number of aliphatic carboxylic acids is 1. The van der Waals surface area contributed by atoms with Crippen molar-refractivity contribution < 1.29 is 36.2 Å². The number of sulfone groups is 1. The minimum Gasteiger partial charge on any atom is -0.475 e. The van der Waals surface area contributed by atoms with E-state index in [1.165, 1.54) is 11.1 Å². The van der Waals surface area contributed by atoms with Gasteiger partial charge in [0.25, 0.3) is 0 Å². The quantitative estimate of drug-likeness (QED) is 0.685. The van der Waals surface area contributed by atoms with Crippen molar-refractivity contribution in [1.82, 2.24) is 14.9 Å². The summed E-state index contributed by atoms with van der Waals surface area (Å²) in [4.78, 5) is 19.2. The molecule has 0 radical (unpaired) electrons. The Labute approximate surface area is 189 Å². The van der Waals surface area contributed by atoms with Crippen LogP contribution in [-0.2, 0) is 21.2 Å². The molecular formula is C21H24F3N3O5S. The zero-order valence-electron chi connectivity index (χ0n) is 17.8. The molecule has 3 heterocycles. The van der Waals surface area contributed by atoms with Crippen molar-refractivity contribution in [3.05, 3.63) is 53.9 Å². The van der Waals surface area contributed by atoms with Gasteiger partial charge < -0.3 is 9.84 Å². The van der Waals surface area contributed by atoms with Crippen molar-refractivity contribution in [2.45, 2.75) is 30.8 Å². The molecular weight excluding hydrogens is 463 g/mol. The first-order valence-corrected chi connectivity index (χ1v) is 11.8. The Morgan fingerprint density at radius 3 is 2.33 bits per heavy atom. The number of halogens is 3. The van der Waals surface area contributed by atoms with Gasteiger partial charge in [-0.3, -0.25) is 4.90 Å². The van der Waals surface area contributed by atoms with Crippen molar-refractivity contribution >= 4 is 15.8 Å². The van der Waals surface area contributed by atoms with Crippen molar-refractivity contribution in [2.24, 2.45) is 5.92 Å². The van der Waals surface area contributed by atoms with Crippen molar-refractivity contribution in [1.29, 1.82) is 0 Å². The number of carboxylic acid groups (broad SMARTS) is 1. The molecule has 2 fully saturated rings. The molecule has 1 atom stereocenters. The zero-order chi connectivity index (χ0) is 24.3. The highest BCUT2D eigenvalue weighted by atomic mass is 32.2. The standard InChI is InChI=1S/C19H23N3O3S.C2HF3O2/c1-15-3-5-16(6-4-15)11-22-13-19(14-22)17(7-10-26(19,23)24)12-25-18-20-8-2-9-21-18;3-2(4,5)1(6)7/h2-6,8-9,17H,7,10-14H2,1H3;(H,6,7). The highest BCUT2D eigenvalue weighted by molar-refractivity contribution is 7.93. The van der Waals surface area contributed by atoms with Gasteiger partial charge in [-0.25, -0.2) is 23.2 Å². The highest BCUT2D eigenvalue weighted by Gasteiger charge is 2.61. The summed E-state index contributed by atoms with van der Waals surface area (Å²) in [5, 5.41) is 7.12. The minimum atomic E-state index is -5.08. The summed E-state index contributed by atoms with van der Waals surface area (Å²) >= 11 is 0. The van der Waals surface area contributed by atoms with Crippen LogP contribution in [0, 0.1) is 12.8 Å². The second kappa shape index (κ2) is 9.64. The number of rotatable bonds is 5. The van der Waals surface area contributed by atoms with Crippen LogP contribution in [0.15, 0.2) is 42.7 Å². The van der Waals surface area contributed by atoms with E-state index in [2.05, 4.69) is 46.1 Å². The minimum absolute atomic E-state index is 0.00873. The molecule has 2 aliphatic rings. The summed E-state index contributed by atoms with van der Waals surface area (Å²) in [5.74, 6) is -2.52. The number of carbonyl (C=O) groups is 1. The summed E-state index contributed by atoms with van der Waals surface area (Å²) in [6.07, 6.45) is -1.19. The Kier molecular flexibility index (Phi) is 7.27. The predicted octanol–water partition coefficient (Wildman–Crippen LogP) is 2.49. The molecule has 2 aromatic rings. The van der Waals surface area contributed by atoms with Gasteiger partial charge in [0.05, 0.1) is 12.4 Å². The molecule has 33 heavy (non-hydrogen) atoms. The Morgan fingerprint density at radius 1 is 1.21 bits per heavy atom. The van der Waals surface area contributed by atoms with Gasteiger partial charge >= 0.3 is 18.2 Å². The molecule has 1 unspecified atom stereocenters.